The Balaban J connectivity index is -0.000000329. The first-order valence-electron chi connectivity index (χ1n) is 13.7. The van der Waals surface area contributed by atoms with Gasteiger partial charge in [0.05, 0.1) is 25.2 Å². The standard InChI is InChI=1S/C15H26O9.C6H8O4.C6H14O3.2CH4/c1-5-15(6-22-12(19)9(2)16,7-23-13(20)10(3)17)8-24-14(21)11(4)18;1-3-5(7)10-4(2)6(8)9-3;1-2-6(3-7,4-8)5-9;;/h9-11,16-18H,5-8H2,1-4H3;3-4H,1-2H3;7-9H,2-5H2,1H3;2*1H4/t;3-,4-;;;/m.1.../s1. The molecule has 0 saturated carbocycles. The zero-order valence-corrected chi connectivity index (χ0v) is 25.8. The Bertz CT molecular complexity index is 769. The van der Waals surface area contributed by atoms with E-state index in [-0.39, 0.29) is 54.5 Å². The van der Waals surface area contributed by atoms with Crippen LogP contribution in [0.3, 0.4) is 0 Å². The van der Waals surface area contributed by atoms with Gasteiger partial charge in [0.2, 0.25) is 0 Å². The van der Waals surface area contributed by atoms with Crippen molar-refractivity contribution < 1.29 is 78.3 Å². The summed E-state index contributed by atoms with van der Waals surface area (Å²) in [5.41, 5.74) is -1.74. The number of aliphatic hydroxyl groups is 6. The van der Waals surface area contributed by atoms with Gasteiger partial charge in [-0.15, -0.1) is 0 Å². The average molecular weight is 661 g/mol. The van der Waals surface area contributed by atoms with Crippen LogP contribution in [0.15, 0.2) is 0 Å². The van der Waals surface area contributed by atoms with Crippen molar-refractivity contribution in [3.8, 4) is 0 Å². The normalized spacial score (nSPS) is 18.9. The van der Waals surface area contributed by atoms with Crippen molar-refractivity contribution in [3.63, 3.8) is 0 Å². The highest BCUT2D eigenvalue weighted by atomic mass is 16.6. The molecule has 0 bridgehead atoms. The van der Waals surface area contributed by atoms with E-state index in [0.29, 0.717) is 12.8 Å². The van der Waals surface area contributed by atoms with E-state index in [0.717, 1.165) is 0 Å². The smallest absolute Gasteiger partial charge is 0.347 e. The van der Waals surface area contributed by atoms with Gasteiger partial charge in [-0.3, -0.25) is 0 Å². The minimum atomic E-state index is -1.33. The summed E-state index contributed by atoms with van der Waals surface area (Å²) in [6, 6.07) is 0. The third-order valence-electron chi connectivity index (χ3n) is 6.34. The summed E-state index contributed by atoms with van der Waals surface area (Å²) in [5, 5.41) is 53.5. The quantitative estimate of drug-likeness (QED) is 0.103. The van der Waals surface area contributed by atoms with E-state index in [1.165, 1.54) is 34.6 Å². The molecule has 1 fully saturated rings. The van der Waals surface area contributed by atoms with Gasteiger partial charge in [0.1, 0.15) is 38.1 Å². The van der Waals surface area contributed by atoms with Crippen LogP contribution in [0.2, 0.25) is 0 Å². The van der Waals surface area contributed by atoms with Gasteiger partial charge in [0, 0.05) is 5.41 Å². The fourth-order valence-corrected chi connectivity index (χ4v) is 2.59. The third-order valence-corrected chi connectivity index (χ3v) is 6.34. The number of hydrogen-bond acceptors (Lipinski definition) is 16. The van der Waals surface area contributed by atoms with E-state index < -0.39 is 71.2 Å². The molecular weight excluding hydrogens is 604 g/mol. The van der Waals surface area contributed by atoms with E-state index in [4.69, 9.17) is 44.8 Å². The van der Waals surface area contributed by atoms with E-state index in [9.17, 15) is 24.0 Å². The number of carbonyl (C=O) groups excluding carboxylic acids is 5. The van der Waals surface area contributed by atoms with Crippen LogP contribution in [0.1, 0.15) is 76.2 Å². The summed E-state index contributed by atoms with van der Waals surface area (Å²) in [7, 11) is 0. The lowest BCUT2D eigenvalue weighted by atomic mass is 9.88. The number of esters is 5. The van der Waals surface area contributed by atoms with Crippen LogP contribution in [0.4, 0.5) is 0 Å². The molecule has 1 heterocycles. The van der Waals surface area contributed by atoms with Gasteiger partial charge in [-0.05, 0) is 47.5 Å². The van der Waals surface area contributed by atoms with Crippen molar-refractivity contribution in [1.82, 2.24) is 0 Å². The van der Waals surface area contributed by atoms with Crippen molar-refractivity contribution in [3.05, 3.63) is 0 Å². The predicted molar refractivity (Wildman–Crippen MR) is 159 cm³/mol. The van der Waals surface area contributed by atoms with Crippen LogP contribution in [0, 0.1) is 10.8 Å². The van der Waals surface area contributed by atoms with E-state index >= 15 is 0 Å². The molecule has 45 heavy (non-hydrogen) atoms. The maximum atomic E-state index is 11.4. The monoisotopic (exact) mass is 660 g/mol. The summed E-state index contributed by atoms with van der Waals surface area (Å²) in [4.78, 5) is 55.6. The van der Waals surface area contributed by atoms with Crippen molar-refractivity contribution >= 4 is 29.8 Å². The lowest BCUT2D eigenvalue weighted by molar-refractivity contribution is -0.191. The van der Waals surface area contributed by atoms with Gasteiger partial charge in [0.25, 0.3) is 0 Å². The summed E-state index contributed by atoms with van der Waals surface area (Å²) in [5.74, 6) is -3.59. The van der Waals surface area contributed by atoms with Crippen LogP contribution >= 0.6 is 0 Å². The van der Waals surface area contributed by atoms with E-state index in [1.807, 2.05) is 6.92 Å². The first-order valence-corrected chi connectivity index (χ1v) is 13.7. The van der Waals surface area contributed by atoms with Crippen molar-refractivity contribution in [2.75, 3.05) is 39.6 Å². The minimum absolute atomic E-state index is 0. The fraction of sp³-hybridized carbons (Fsp3) is 0.828. The largest absolute Gasteiger partial charge is 0.463 e. The lowest BCUT2D eigenvalue weighted by Gasteiger charge is -2.31. The molecule has 0 aromatic carbocycles. The highest BCUT2D eigenvalue weighted by Crippen LogP contribution is 2.25. The molecular formula is C29H56O16. The van der Waals surface area contributed by atoms with Crippen LogP contribution in [0.5, 0.6) is 0 Å². The Labute approximate surface area is 265 Å². The number of ether oxygens (including phenoxy) is 5. The maximum absolute atomic E-state index is 11.4. The number of rotatable bonds is 14. The van der Waals surface area contributed by atoms with Gasteiger partial charge in [-0.1, -0.05) is 28.7 Å². The van der Waals surface area contributed by atoms with Crippen LogP contribution < -0.4 is 0 Å². The molecule has 1 aliphatic heterocycles. The van der Waals surface area contributed by atoms with Crippen LogP contribution in [-0.4, -0.2) is 131 Å². The molecule has 3 unspecified atom stereocenters. The Morgan fingerprint density at radius 1 is 0.644 bits per heavy atom. The molecule has 0 aromatic heterocycles. The molecule has 0 aromatic rings. The molecule has 16 heteroatoms. The molecule has 16 nitrogen and oxygen atoms in total. The minimum Gasteiger partial charge on any atom is -0.463 e. The van der Waals surface area contributed by atoms with Crippen molar-refractivity contribution in [2.45, 2.75) is 107 Å². The molecule has 0 spiro atoms. The molecule has 268 valence electrons. The Kier molecular flexibility index (Phi) is 26.5. The summed E-state index contributed by atoms with van der Waals surface area (Å²) >= 11 is 0. The number of carbonyl (C=O) groups is 5. The molecule has 0 radical (unpaired) electrons. The lowest BCUT2D eigenvalue weighted by Crippen LogP contribution is -2.41. The van der Waals surface area contributed by atoms with Crippen LogP contribution in [0.25, 0.3) is 0 Å². The highest BCUT2D eigenvalue weighted by Gasteiger charge is 2.35. The second-order valence-electron chi connectivity index (χ2n) is 10.2. The zero-order chi connectivity index (χ0) is 34.0. The molecule has 1 saturated heterocycles. The fourth-order valence-electron chi connectivity index (χ4n) is 2.59. The average Bonchev–Trinajstić information content (AvgIpc) is 2.97. The summed E-state index contributed by atoms with van der Waals surface area (Å²) < 4.78 is 24.0. The van der Waals surface area contributed by atoms with Crippen LogP contribution in [-0.2, 0) is 47.7 Å². The SMILES string of the molecule is C.C.CCC(CO)(CO)CO.CCC(COC(=O)C(C)O)(COC(=O)C(C)O)COC(=O)C(C)O.C[C@H]1OC(=O)[C@@H](C)OC1=O. The molecule has 1 aliphatic rings. The number of hydrogen-bond donors (Lipinski definition) is 6. The predicted octanol–water partition coefficient (Wildman–Crippen LogP) is -0.350. The summed E-state index contributed by atoms with van der Waals surface area (Å²) in [6.45, 7) is 8.85. The topological polar surface area (TPSA) is 253 Å². The van der Waals surface area contributed by atoms with Gasteiger partial charge < -0.3 is 54.3 Å². The van der Waals surface area contributed by atoms with E-state index in [2.05, 4.69) is 9.47 Å². The second-order valence-corrected chi connectivity index (χ2v) is 10.2. The number of cyclic esters (lactones) is 2. The van der Waals surface area contributed by atoms with Crippen molar-refractivity contribution in [2.24, 2.45) is 10.8 Å². The van der Waals surface area contributed by atoms with Gasteiger partial charge >= 0.3 is 29.8 Å². The molecule has 5 atom stereocenters. The highest BCUT2D eigenvalue weighted by molar-refractivity contribution is 5.86. The maximum Gasteiger partial charge on any atom is 0.347 e. The Morgan fingerprint density at radius 3 is 1.04 bits per heavy atom. The number of aliphatic hydroxyl groups excluding tert-OH is 6. The van der Waals surface area contributed by atoms with E-state index in [1.54, 1.807) is 6.92 Å². The van der Waals surface area contributed by atoms with Gasteiger partial charge in [0.15, 0.2) is 12.2 Å². The van der Waals surface area contributed by atoms with Gasteiger partial charge in [-0.25, -0.2) is 24.0 Å². The molecule has 0 aliphatic carbocycles. The summed E-state index contributed by atoms with van der Waals surface area (Å²) in [6.07, 6.45) is -4.61. The first-order chi connectivity index (χ1) is 19.9. The Morgan fingerprint density at radius 2 is 0.889 bits per heavy atom. The molecule has 1 rings (SSSR count). The zero-order valence-electron chi connectivity index (χ0n) is 25.8. The first kappa shape index (κ1) is 49.0. The second kappa shape index (κ2) is 24.4. The third kappa shape index (κ3) is 18.6. The molecule has 6 N–H and O–H groups in total. The molecule has 0 amide bonds. The van der Waals surface area contributed by atoms with Gasteiger partial charge in [-0.2, -0.15) is 0 Å². The Hall–Kier alpha value is -2.89. The van der Waals surface area contributed by atoms with Crippen molar-refractivity contribution in [1.29, 1.82) is 0 Å².